The first-order valence-electron chi connectivity index (χ1n) is 7.24. The summed E-state index contributed by atoms with van der Waals surface area (Å²) in [4.78, 5) is 11.9. The van der Waals surface area contributed by atoms with Gasteiger partial charge in [-0.2, -0.15) is 13.2 Å². The van der Waals surface area contributed by atoms with Crippen molar-refractivity contribution in [2.24, 2.45) is 11.1 Å². The van der Waals surface area contributed by atoms with Crippen molar-refractivity contribution in [1.82, 2.24) is 5.32 Å². The van der Waals surface area contributed by atoms with E-state index in [9.17, 15) is 18.0 Å². The molecule has 1 aromatic carbocycles. The number of carbonyl (C=O) groups excluding carboxylic acids is 1. The Hall–Kier alpha value is -1.60. The number of rotatable bonds is 6. The van der Waals surface area contributed by atoms with Crippen molar-refractivity contribution in [2.75, 3.05) is 6.61 Å². The maximum Gasteiger partial charge on any atom is 0.411 e. The third kappa shape index (κ3) is 7.47. The molecule has 0 bridgehead atoms. The Morgan fingerprint density at radius 1 is 1.17 bits per heavy atom. The second kappa shape index (κ2) is 7.79. The van der Waals surface area contributed by atoms with E-state index in [1.165, 1.54) is 0 Å². The van der Waals surface area contributed by atoms with Gasteiger partial charge in [0.2, 0.25) is 5.91 Å². The van der Waals surface area contributed by atoms with Crippen LogP contribution in [0.25, 0.3) is 0 Å². The van der Waals surface area contributed by atoms with Crippen LogP contribution < -0.4 is 11.1 Å². The summed E-state index contributed by atoms with van der Waals surface area (Å²) in [5, 5.41) is 2.74. The van der Waals surface area contributed by atoms with Gasteiger partial charge >= 0.3 is 6.18 Å². The number of ether oxygens (including phenoxy) is 1. The zero-order valence-corrected chi connectivity index (χ0v) is 13.5. The zero-order valence-electron chi connectivity index (χ0n) is 13.5. The van der Waals surface area contributed by atoms with Crippen LogP contribution in [0.5, 0.6) is 0 Å². The Kier molecular flexibility index (Phi) is 6.58. The van der Waals surface area contributed by atoms with Gasteiger partial charge in [-0.05, 0) is 16.5 Å². The van der Waals surface area contributed by atoms with Gasteiger partial charge in [0.1, 0.15) is 6.61 Å². The molecule has 0 saturated heterocycles. The summed E-state index contributed by atoms with van der Waals surface area (Å²) < 4.78 is 40.5. The van der Waals surface area contributed by atoms with E-state index in [0.717, 1.165) is 5.56 Å². The van der Waals surface area contributed by atoms with Gasteiger partial charge in [-0.1, -0.05) is 45.0 Å². The van der Waals surface area contributed by atoms with Crippen molar-refractivity contribution in [3.63, 3.8) is 0 Å². The minimum atomic E-state index is -4.32. The van der Waals surface area contributed by atoms with Gasteiger partial charge in [0.25, 0.3) is 0 Å². The summed E-state index contributed by atoms with van der Waals surface area (Å²) in [6.07, 6.45) is -4.32. The van der Waals surface area contributed by atoms with E-state index in [-0.39, 0.29) is 17.9 Å². The van der Waals surface area contributed by atoms with Crippen molar-refractivity contribution < 1.29 is 22.7 Å². The van der Waals surface area contributed by atoms with Gasteiger partial charge in [0.15, 0.2) is 0 Å². The van der Waals surface area contributed by atoms with Crippen LogP contribution in [0.3, 0.4) is 0 Å². The number of amides is 1. The Bertz CT molecular complexity index is 508. The number of halogens is 3. The number of hydrogen-bond donors (Lipinski definition) is 2. The summed E-state index contributed by atoms with van der Waals surface area (Å²) in [6, 6.07) is 6.19. The summed E-state index contributed by atoms with van der Waals surface area (Å²) >= 11 is 0. The molecule has 0 unspecified atom stereocenters. The maximum atomic E-state index is 12.0. The van der Waals surface area contributed by atoms with Gasteiger partial charge in [-0.25, -0.2) is 0 Å². The molecular weight excluding hydrogens is 309 g/mol. The smallest absolute Gasteiger partial charge is 0.367 e. The predicted octanol–water partition coefficient (Wildman–Crippen LogP) is 2.76. The molecule has 3 N–H and O–H groups in total. The highest BCUT2D eigenvalue weighted by molar-refractivity contribution is 5.82. The monoisotopic (exact) mass is 332 g/mol. The molecule has 1 aromatic rings. The van der Waals surface area contributed by atoms with Crippen LogP contribution >= 0.6 is 0 Å². The first-order chi connectivity index (χ1) is 10.5. The van der Waals surface area contributed by atoms with Crippen molar-refractivity contribution in [1.29, 1.82) is 0 Å². The Morgan fingerprint density at radius 3 is 2.17 bits per heavy atom. The number of nitrogens with one attached hydrogen (secondary N) is 1. The molecule has 4 nitrogen and oxygen atoms in total. The molecule has 7 heteroatoms. The Labute approximate surface area is 134 Å². The van der Waals surface area contributed by atoms with Gasteiger partial charge < -0.3 is 15.8 Å². The lowest BCUT2D eigenvalue weighted by Crippen LogP contribution is -2.48. The molecule has 0 aliphatic carbocycles. The number of hydrogen-bond acceptors (Lipinski definition) is 3. The van der Waals surface area contributed by atoms with E-state index in [4.69, 9.17) is 5.73 Å². The average Bonchev–Trinajstić information content (AvgIpc) is 2.43. The molecule has 1 amide bonds. The Morgan fingerprint density at radius 2 is 1.70 bits per heavy atom. The fraction of sp³-hybridized carbons (Fsp3) is 0.562. The number of carbonyl (C=O) groups is 1. The summed E-state index contributed by atoms with van der Waals surface area (Å²) in [6.45, 7) is 4.58. The summed E-state index contributed by atoms with van der Waals surface area (Å²) in [7, 11) is 0. The van der Waals surface area contributed by atoms with Crippen molar-refractivity contribution in [3.8, 4) is 0 Å². The predicted molar refractivity (Wildman–Crippen MR) is 81.4 cm³/mol. The molecule has 1 atom stereocenters. The average molecular weight is 332 g/mol. The van der Waals surface area contributed by atoms with Crippen LogP contribution in [0, 0.1) is 5.41 Å². The van der Waals surface area contributed by atoms with Crippen LogP contribution in [0.2, 0.25) is 0 Å². The second-order valence-corrected chi connectivity index (χ2v) is 6.49. The summed E-state index contributed by atoms with van der Waals surface area (Å²) in [5.74, 6) is -0.241. The Balaban J connectivity index is 2.44. The lowest BCUT2D eigenvalue weighted by Gasteiger charge is -2.25. The molecule has 0 radical (unpaired) electrons. The zero-order chi connectivity index (χ0) is 17.7. The number of alkyl halides is 3. The number of nitrogens with two attached hydrogens (primary N) is 1. The third-order valence-electron chi connectivity index (χ3n) is 3.24. The molecule has 0 aliphatic heterocycles. The molecule has 1 rings (SSSR count). The van der Waals surface area contributed by atoms with Crippen LogP contribution in [-0.4, -0.2) is 24.7 Å². The number of benzene rings is 1. The quantitative estimate of drug-likeness (QED) is 0.842. The fourth-order valence-corrected chi connectivity index (χ4v) is 1.73. The maximum absolute atomic E-state index is 12.0. The standard InChI is InChI=1S/C16H23F3N2O2/c1-15(2,3)13(20)14(22)21-8-11-4-6-12(7-5-11)9-23-10-16(17,18)19/h4-7,13H,8-10,20H2,1-3H3,(H,21,22)/t13-/m1/s1. The van der Waals surface area contributed by atoms with Crippen molar-refractivity contribution >= 4 is 5.91 Å². The van der Waals surface area contributed by atoms with Crippen molar-refractivity contribution in [2.45, 2.75) is 46.1 Å². The molecular formula is C16H23F3N2O2. The lowest BCUT2D eigenvalue weighted by atomic mass is 9.87. The van der Waals surface area contributed by atoms with E-state index in [1.54, 1.807) is 24.3 Å². The molecule has 0 heterocycles. The highest BCUT2D eigenvalue weighted by atomic mass is 19.4. The first kappa shape index (κ1) is 19.4. The van der Waals surface area contributed by atoms with Crippen LogP contribution in [0.4, 0.5) is 13.2 Å². The fourth-order valence-electron chi connectivity index (χ4n) is 1.73. The highest BCUT2D eigenvalue weighted by Gasteiger charge is 2.28. The van der Waals surface area contributed by atoms with E-state index < -0.39 is 18.8 Å². The van der Waals surface area contributed by atoms with Gasteiger partial charge in [0, 0.05) is 6.54 Å². The minimum absolute atomic E-state index is 0.110. The van der Waals surface area contributed by atoms with E-state index in [2.05, 4.69) is 10.1 Å². The van der Waals surface area contributed by atoms with Crippen LogP contribution in [-0.2, 0) is 22.7 Å². The van der Waals surface area contributed by atoms with Gasteiger partial charge in [-0.15, -0.1) is 0 Å². The molecule has 0 saturated carbocycles. The van der Waals surface area contributed by atoms with Crippen LogP contribution in [0.1, 0.15) is 31.9 Å². The lowest BCUT2D eigenvalue weighted by molar-refractivity contribution is -0.176. The van der Waals surface area contributed by atoms with Crippen LogP contribution in [0.15, 0.2) is 24.3 Å². The topological polar surface area (TPSA) is 64.4 Å². The molecule has 0 aromatic heterocycles. The van der Waals surface area contributed by atoms with Crippen molar-refractivity contribution in [3.05, 3.63) is 35.4 Å². The first-order valence-corrected chi connectivity index (χ1v) is 7.24. The van der Waals surface area contributed by atoms with E-state index >= 15 is 0 Å². The van der Waals surface area contributed by atoms with Gasteiger partial charge in [-0.3, -0.25) is 4.79 Å². The minimum Gasteiger partial charge on any atom is -0.367 e. The second-order valence-electron chi connectivity index (χ2n) is 6.49. The van der Waals surface area contributed by atoms with E-state index in [1.807, 2.05) is 20.8 Å². The van der Waals surface area contributed by atoms with E-state index in [0.29, 0.717) is 12.1 Å². The molecule has 0 spiro atoms. The third-order valence-corrected chi connectivity index (χ3v) is 3.24. The normalized spacial score (nSPS) is 13.7. The highest BCUT2D eigenvalue weighted by Crippen LogP contribution is 2.18. The molecule has 130 valence electrons. The van der Waals surface area contributed by atoms with Gasteiger partial charge in [0.05, 0.1) is 12.6 Å². The molecule has 0 aliphatic rings. The SMILES string of the molecule is CC(C)(C)[C@H](N)C(=O)NCc1ccc(COCC(F)(F)F)cc1. The largest absolute Gasteiger partial charge is 0.411 e. The molecule has 23 heavy (non-hydrogen) atoms. The summed E-state index contributed by atoms with van der Waals surface area (Å²) in [5.41, 5.74) is 6.99. The molecule has 0 fully saturated rings.